The van der Waals surface area contributed by atoms with Crippen LogP contribution in [0, 0.1) is 34.5 Å². The van der Waals surface area contributed by atoms with Gasteiger partial charge in [0.15, 0.2) is 0 Å². The molecule has 2 fully saturated rings. The smallest absolute Gasteiger partial charge is 0.0269 e. The Labute approximate surface area is 95.8 Å². The molecule has 15 heavy (non-hydrogen) atoms. The third kappa shape index (κ3) is 1.47. The predicted molar refractivity (Wildman–Crippen MR) is 66.7 cm³/mol. The molecule has 0 radical (unpaired) electrons. The standard InChI is InChI=1S/C15H28/c1-10-7-12(8-10)13-9-11(2)14(3,4)15(13,5)6/h10-13H,7-9H2,1-6H3. The fourth-order valence-corrected chi connectivity index (χ4v) is 4.16. The van der Waals surface area contributed by atoms with Gasteiger partial charge in [-0.15, -0.1) is 0 Å². The molecule has 2 unspecified atom stereocenters. The Morgan fingerprint density at radius 3 is 1.67 bits per heavy atom. The second-order valence-electron chi connectivity index (χ2n) is 7.52. The largest absolute Gasteiger partial charge is 0.0625 e. The molecule has 2 atom stereocenters. The topological polar surface area (TPSA) is 0 Å². The Morgan fingerprint density at radius 2 is 1.33 bits per heavy atom. The van der Waals surface area contributed by atoms with Gasteiger partial charge in [-0.2, -0.15) is 0 Å². The maximum Gasteiger partial charge on any atom is -0.0269 e. The minimum Gasteiger partial charge on any atom is -0.0625 e. The van der Waals surface area contributed by atoms with Crippen molar-refractivity contribution in [3.63, 3.8) is 0 Å². The van der Waals surface area contributed by atoms with Crippen molar-refractivity contribution < 1.29 is 0 Å². The normalized spacial score (nSPS) is 47.6. The van der Waals surface area contributed by atoms with Crippen LogP contribution in [0.2, 0.25) is 0 Å². The van der Waals surface area contributed by atoms with Crippen molar-refractivity contribution >= 4 is 0 Å². The van der Waals surface area contributed by atoms with Crippen molar-refractivity contribution in [3.05, 3.63) is 0 Å². The molecule has 0 aliphatic heterocycles. The second-order valence-corrected chi connectivity index (χ2v) is 7.52. The summed E-state index contributed by atoms with van der Waals surface area (Å²) in [7, 11) is 0. The minimum atomic E-state index is 0.524. The van der Waals surface area contributed by atoms with Crippen molar-refractivity contribution in [2.24, 2.45) is 34.5 Å². The van der Waals surface area contributed by atoms with Crippen LogP contribution in [0.25, 0.3) is 0 Å². The Balaban J connectivity index is 2.15. The highest BCUT2D eigenvalue weighted by molar-refractivity contribution is 5.04. The van der Waals surface area contributed by atoms with Gasteiger partial charge in [0.05, 0.1) is 0 Å². The summed E-state index contributed by atoms with van der Waals surface area (Å²) < 4.78 is 0. The fourth-order valence-electron chi connectivity index (χ4n) is 4.16. The summed E-state index contributed by atoms with van der Waals surface area (Å²) in [5.41, 5.74) is 1.06. The average Bonchev–Trinajstić information content (AvgIpc) is 2.21. The van der Waals surface area contributed by atoms with Gasteiger partial charge in [-0.3, -0.25) is 0 Å². The van der Waals surface area contributed by atoms with E-state index >= 15 is 0 Å². The van der Waals surface area contributed by atoms with Crippen LogP contribution in [0.1, 0.15) is 60.8 Å². The van der Waals surface area contributed by atoms with Crippen LogP contribution in [0.5, 0.6) is 0 Å². The summed E-state index contributed by atoms with van der Waals surface area (Å²) in [6.07, 6.45) is 4.46. The van der Waals surface area contributed by atoms with Crippen molar-refractivity contribution in [1.29, 1.82) is 0 Å². The second kappa shape index (κ2) is 3.25. The molecule has 0 heterocycles. The van der Waals surface area contributed by atoms with E-state index in [2.05, 4.69) is 41.5 Å². The molecule has 0 heteroatoms. The molecule has 0 N–H and O–H groups in total. The van der Waals surface area contributed by atoms with Crippen molar-refractivity contribution in [1.82, 2.24) is 0 Å². The predicted octanol–water partition coefficient (Wildman–Crippen LogP) is 4.74. The van der Waals surface area contributed by atoms with Crippen LogP contribution < -0.4 is 0 Å². The third-order valence-electron chi connectivity index (χ3n) is 6.41. The van der Waals surface area contributed by atoms with Crippen LogP contribution in [0.15, 0.2) is 0 Å². The van der Waals surface area contributed by atoms with Crippen molar-refractivity contribution in [2.75, 3.05) is 0 Å². The van der Waals surface area contributed by atoms with E-state index in [1.54, 1.807) is 0 Å². The first-order valence-electron chi connectivity index (χ1n) is 6.76. The molecule has 0 amide bonds. The van der Waals surface area contributed by atoms with Crippen LogP contribution in [0.4, 0.5) is 0 Å². The van der Waals surface area contributed by atoms with Gasteiger partial charge in [0.1, 0.15) is 0 Å². The molecule has 0 nitrogen and oxygen atoms in total. The van der Waals surface area contributed by atoms with Crippen LogP contribution in [0.3, 0.4) is 0 Å². The third-order valence-corrected chi connectivity index (χ3v) is 6.41. The first-order valence-corrected chi connectivity index (χ1v) is 6.76. The van der Waals surface area contributed by atoms with Crippen LogP contribution in [-0.2, 0) is 0 Å². The van der Waals surface area contributed by atoms with Gasteiger partial charge < -0.3 is 0 Å². The summed E-state index contributed by atoms with van der Waals surface area (Å²) in [5, 5.41) is 0. The van der Waals surface area contributed by atoms with E-state index in [0.717, 1.165) is 23.7 Å². The van der Waals surface area contributed by atoms with Gasteiger partial charge in [-0.05, 0) is 53.8 Å². The van der Waals surface area contributed by atoms with E-state index in [4.69, 9.17) is 0 Å². The summed E-state index contributed by atoms with van der Waals surface area (Å²) >= 11 is 0. The van der Waals surface area contributed by atoms with Gasteiger partial charge in [0.2, 0.25) is 0 Å². The van der Waals surface area contributed by atoms with Gasteiger partial charge in [0, 0.05) is 0 Å². The highest BCUT2D eigenvalue weighted by Gasteiger charge is 2.55. The van der Waals surface area contributed by atoms with E-state index in [1.807, 2.05) is 0 Å². The maximum absolute atomic E-state index is 2.52. The van der Waals surface area contributed by atoms with Gasteiger partial charge in [0.25, 0.3) is 0 Å². The molecule has 2 rings (SSSR count). The van der Waals surface area contributed by atoms with E-state index in [9.17, 15) is 0 Å². The molecule has 0 spiro atoms. The monoisotopic (exact) mass is 208 g/mol. The molecule has 2 aliphatic carbocycles. The molecule has 0 bridgehead atoms. The molecule has 0 aromatic heterocycles. The zero-order valence-corrected chi connectivity index (χ0v) is 11.4. The van der Waals surface area contributed by atoms with E-state index < -0.39 is 0 Å². The maximum atomic E-state index is 2.52. The quantitative estimate of drug-likeness (QED) is 0.584. The molecule has 88 valence electrons. The molecule has 0 aromatic rings. The lowest BCUT2D eigenvalue weighted by molar-refractivity contribution is 0.0173. The van der Waals surface area contributed by atoms with E-state index in [0.29, 0.717) is 10.8 Å². The lowest BCUT2D eigenvalue weighted by Gasteiger charge is -2.47. The van der Waals surface area contributed by atoms with Crippen LogP contribution >= 0.6 is 0 Å². The zero-order valence-electron chi connectivity index (χ0n) is 11.4. The first-order chi connectivity index (χ1) is 6.76. The first kappa shape index (κ1) is 11.5. The molecule has 0 aromatic carbocycles. The fraction of sp³-hybridized carbons (Fsp3) is 1.00. The van der Waals surface area contributed by atoms with E-state index in [1.165, 1.54) is 19.3 Å². The summed E-state index contributed by atoms with van der Waals surface area (Å²) in [6.45, 7) is 14.9. The molecule has 0 saturated heterocycles. The summed E-state index contributed by atoms with van der Waals surface area (Å²) in [6, 6.07) is 0. The highest BCUT2D eigenvalue weighted by Crippen LogP contribution is 2.63. The minimum absolute atomic E-state index is 0.524. The number of hydrogen-bond acceptors (Lipinski definition) is 0. The average molecular weight is 208 g/mol. The van der Waals surface area contributed by atoms with Crippen LogP contribution in [-0.4, -0.2) is 0 Å². The number of hydrogen-bond donors (Lipinski definition) is 0. The van der Waals surface area contributed by atoms with Gasteiger partial charge >= 0.3 is 0 Å². The summed E-state index contributed by atoms with van der Waals surface area (Å²) in [4.78, 5) is 0. The van der Waals surface area contributed by atoms with E-state index in [-0.39, 0.29) is 0 Å². The highest BCUT2D eigenvalue weighted by atomic mass is 14.6. The molecule has 2 saturated carbocycles. The molecular formula is C15H28. The number of rotatable bonds is 1. The Morgan fingerprint density at radius 1 is 0.800 bits per heavy atom. The van der Waals surface area contributed by atoms with Gasteiger partial charge in [-0.1, -0.05) is 41.5 Å². The van der Waals surface area contributed by atoms with Crippen molar-refractivity contribution in [3.8, 4) is 0 Å². The Hall–Kier alpha value is 0. The zero-order chi connectivity index (χ0) is 11.4. The molecular weight excluding hydrogens is 180 g/mol. The van der Waals surface area contributed by atoms with Gasteiger partial charge in [-0.25, -0.2) is 0 Å². The SMILES string of the molecule is CC1CC(C2CC(C)C(C)(C)C2(C)C)C1. The van der Waals surface area contributed by atoms with Crippen molar-refractivity contribution in [2.45, 2.75) is 60.8 Å². The summed E-state index contributed by atoms with van der Waals surface area (Å²) in [5.74, 6) is 3.93. The lowest BCUT2D eigenvalue weighted by atomic mass is 9.58. The molecule has 2 aliphatic rings. The Kier molecular flexibility index (Phi) is 2.48. The Bertz CT molecular complexity index is 243. The lowest BCUT2D eigenvalue weighted by Crippen LogP contribution is -2.40.